The van der Waals surface area contributed by atoms with Crippen LogP contribution in [0.15, 0.2) is 0 Å². The Balaban J connectivity index is -0.000000107. The van der Waals surface area contributed by atoms with Crippen molar-refractivity contribution in [1.82, 2.24) is 0 Å². The predicted molar refractivity (Wildman–Crippen MR) is 63.6 cm³/mol. The van der Waals surface area contributed by atoms with E-state index < -0.39 is 0 Å². The van der Waals surface area contributed by atoms with Gasteiger partial charge < -0.3 is 0 Å². The van der Waals surface area contributed by atoms with E-state index in [-0.39, 0.29) is 17.1 Å². The SMILES string of the molecule is CSC(C)=S.CSC(C)=S.[Cu+2]. The van der Waals surface area contributed by atoms with Gasteiger partial charge in [0.2, 0.25) is 0 Å². The zero-order chi connectivity index (χ0) is 8.57. The Kier molecular flexibility index (Phi) is 23.1. The standard InChI is InChI=1S/2C3H6S2.Cu/c2*1-3(4)5-2;/h2*1-2H3;/q;;+2. The summed E-state index contributed by atoms with van der Waals surface area (Å²) in [5.74, 6) is 0. The van der Waals surface area contributed by atoms with Gasteiger partial charge in [-0.2, -0.15) is 0 Å². The van der Waals surface area contributed by atoms with Gasteiger partial charge in [0.1, 0.15) is 0 Å². The second-order valence-corrected chi connectivity index (χ2v) is 5.17. The van der Waals surface area contributed by atoms with E-state index in [9.17, 15) is 0 Å². The summed E-state index contributed by atoms with van der Waals surface area (Å²) in [6.45, 7) is 3.83. The molecule has 69 valence electrons. The van der Waals surface area contributed by atoms with Crippen LogP contribution < -0.4 is 0 Å². The molecule has 0 heterocycles. The third kappa shape index (κ3) is 34.5. The van der Waals surface area contributed by atoms with E-state index in [1.165, 1.54) is 0 Å². The minimum absolute atomic E-state index is 0. The van der Waals surface area contributed by atoms with E-state index in [0.717, 1.165) is 8.39 Å². The Morgan fingerprint density at radius 2 is 1.00 bits per heavy atom. The fourth-order valence-corrected chi connectivity index (χ4v) is 0. The van der Waals surface area contributed by atoms with Crippen molar-refractivity contribution in [3.8, 4) is 0 Å². The molecule has 0 amide bonds. The van der Waals surface area contributed by atoms with Gasteiger partial charge in [-0.05, 0) is 26.4 Å². The van der Waals surface area contributed by atoms with E-state index >= 15 is 0 Å². The Morgan fingerprint density at radius 1 is 0.909 bits per heavy atom. The summed E-state index contributed by atoms with van der Waals surface area (Å²) in [4.78, 5) is 0. The molecule has 11 heavy (non-hydrogen) atoms. The fraction of sp³-hybridized carbons (Fsp3) is 0.667. The molecule has 0 saturated carbocycles. The molecule has 5 heteroatoms. The summed E-state index contributed by atoms with van der Waals surface area (Å²) >= 11 is 12.5. The van der Waals surface area contributed by atoms with Crippen LogP contribution in [0.1, 0.15) is 13.8 Å². The van der Waals surface area contributed by atoms with Crippen molar-refractivity contribution < 1.29 is 17.1 Å². The van der Waals surface area contributed by atoms with Crippen molar-refractivity contribution in [2.75, 3.05) is 12.5 Å². The second-order valence-electron chi connectivity index (χ2n) is 1.39. The summed E-state index contributed by atoms with van der Waals surface area (Å²) in [6.07, 6.45) is 3.95. The maximum atomic E-state index is 4.66. The molecule has 1 radical (unpaired) electrons. The van der Waals surface area contributed by atoms with Crippen molar-refractivity contribution >= 4 is 56.4 Å². The predicted octanol–water partition coefficient (Wildman–Crippen LogP) is 3.39. The van der Waals surface area contributed by atoms with Crippen LogP contribution in [-0.4, -0.2) is 20.9 Å². The van der Waals surface area contributed by atoms with E-state index in [0.29, 0.717) is 0 Å². The van der Waals surface area contributed by atoms with Crippen LogP contribution in [0.3, 0.4) is 0 Å². The molecule has 0 aromatic heterocycles. The van der Waals surface area contributed by atoms with Crippen molar-refractivity contribution in [2.24, 2.45) is 0 Å². The van der Waals surface area contributed by atoms with Crippen LogP contribution in [0.4, 0.5) is 0 Å². The first kappa shape index (κ1) is 18.2. The normalized spacial score (nSPS) is 6.91. The topological polar surface area (TPSA) is 0 Å². The first-order valence-electron chi connectivity index (χ1n) is 2.63. The number of thioether (sulfide) groups is 2. The third-order valence-corrected chi connectivity index (χ3v) is 2.72. The summed E-state index contributed by atoms with van der Waals surface area (Å²) in [6, 6.07) is 0. The first-order chi connectivity index (χ1) is 4.54. The fourth-order valence-electron chi connectivity index (χ4n) is 0. The van der Waals surface area contributed by atoms with Crippen LogP contribution >= 0.6 is 48.0 Å². The average Bonchev–Trinajstić information content (AvgIpc) is 1.89. The molecule has 0 aliphatic heterocycles. The molecule has 0 aliphatic carbocycles. The van der Waals surface area contributed by atoms with Gasteiger partial charge >= 0.3 is 17.1 Å². The van der Waals surface area contributed by atoms with E-state index in [1.807, 2.05) is 26.4 Å². The number of thiocarbonyl (C=S) groups is 2. The molecule has 0 aromatic rings. The van der Waals surface area contributed by atoms with Gasteiger partial charge in [0, 0.05) is 8.39 Å². The molecule has 0 saturated heterocycles. The molecule has 0 aromatic carbocycles. The number of hydrogen-bond donors (Lipinski definition) is 0. The second kappa shape index (κ2) is 14.0. The average molecular weight is 276 g/mol. The molecule has 0 bridgehead atoms. The minimum atomic E-state index is 0. The molecule has 0 N–H and O–H groups in total. The molecule has 0 rings (SSSR count). The van der Waals surface area contributed by atoms with E-state index in [1.54, 1.807) is 23.5 Å². The van der Waals surface area contributed by atoms with Crippen LogP contribution in [0.25, 0.3) is 0 Å². The van der Waals surface area contributed by atoms with Gasteiger partial charge in [-0.15, -0.1) is 23.5 Å². The Labute approximate surface area is 99.1 Å². The minimum Gasteiger partial charge on any atom is -0.123 e. The Morgan fingerprint density at radius 3 is 1.00 bits per heavy atom. The summed E-state index contributed by atoms with van der Waals surface area (Å²) in [5.41, 5.74) is 0. The maximum Gasteiger partial charge on any atom is 2.00 e. The smallest absolute Gasteiger partial charge is 0.123 e. The van der Waals surface area contributed by atoms with Crippen molar-refractivity contribution in [2.45, 2.75) is 13.8 Å². The maximum absolute atomic E-state index is 4.66. The zero-order valence-electron chi connectivity index (χ0n) is 6.93. The Bertz CT molecular complexity index is 99.1. The molecule has 0 unspecified atom stereocenters. The van der Waals surface area contributed by atoms with Gasteiger partial charge in [0.25, 0.3) is 0 Å². The van der Waals surface area contributed by atoms with Gasteiger partial charge in [-0.1, -0.05) is 24.4 Å². The summed E-state index contributed by atoms with van der Waals surface area (Å²) in [7, 11) is 0. The van der Waals surface area contributed by atoms with Gasteiger partial charge in [-0.25, -0.2) is 0 Å². The van der Waals surface area contributed by atoms with Crippen LogP contribution in [-0.2, 0) is 17.1 Å². The molecular formula is C6H12CuS4+2. The molecule has 0 nitrogen and oxygen atoms in total. The quantitative estimate of drug-likeness (QED) is 0.491. The van der Waals surface area contributed by atoms with Gasteiger partial charge in [-0.3, -0.25) is 0 Å². The first-order valence-corrected chi connectivity index (χ1v) is 5.90. The van der Waals surface area contributed by atoms with Crippen LogP contribution in [0, 0.1) is 0 Å². The molecule has 0 atom stereocenters. The monoisotopic (exact) mass is 275 g/mol. The zero-order valence-corrected chi connectivity index (χ0v) is 11.1. The van der Waals surface area contributed by atoms with Crippen molar-refractivity contribution in [3.05, 3.63) is 0 Å². The number of rotatable bonds is 0. The number of hydrogen-bond acceptors (Lipinski definition) is 4. The van der Waals surface area contributed by atoms with Crippen molar-refractivity contribution in [3.63, 3.8) is 0 Å². The molecule has 0 aliphatic rings. The molecule has 0 fully saturated rings. The van der Waals surface area contributed by atoms with Gasteiger partial charge in [0.05, 0.1) is 0 Å². The van der Waals surface area contributed by atoms with Crippen LogP contribution in [0.5, 0.6) is 0 Å². The van der Waals surface area contributed by atoms with Crippen molar-refractivity contribution in [1.29, 1.82) is 0 Å². The largest absolute Gasteiger partial charge is 2.00 e. The molecular weight excluding hydrogens is 264 g/mol. The van der Waals surface area contributed by atoms with E-state index in [2.05, 4.69) is 24.4 Å². The third-order valence-electron chi connectivity index (χ3n) is 0.575. The molecule has 0 spiro atoms. The Hall–Kier alpha value is 1.40. The summed E-state index contributed by atoms with van der Waals surface area (Å²) < 4.78 is 2.01. The van der Waals surface area contributed by atoms with Gasteiger partial charge in [0.15, 0.2) is 0 Å². The van der Waals surface area contributed by atoms with E-state index in [4.69, 9.17) is 0 Å². The summed E-state index contributed by atoms with van der Waals surface area (Å²) in [5, 5.41) is 0. The van der Waals surface area contributed by atoms with Crippen LogP contribution in [0.2, 0.25) is 0 Å².